The minimum absolute atomic E-state index is 0.0849. The normalized spacial score (nSPS) is 11.4. The van der Waals surface area contributed by atoms with Crippen LogP contribution in [0.15, 0.2) is 70.9 Å². The van der Waals surface area contributed by atoms with Crippen LogP contribution in [0.4, 0.5) is 0 Å². The highest BCUT2D eigenvalue weighted by Crippen LogP contribution is 2.26. The monoisotopic (exact) mass is 418 g/mol. The van der Waals surface area contributed by atoms with Crippen LogP contribution in [0.25, 0.3) is 22.4 Å². The molecule has 0 unspecified atom stereocenters. The van der Waals surface area contributed by atoms with Crippen LogP contribution in [0.2, 0.25) is 0 Å². The van der Waals surface area contributed by atoms with Crippen molar-refractivity contribution in [1.29, 1.82) is 0 Å². The van der Waals surface area contributed by atoms with Gasteiger partial charge in [-0.15, -0.1) is 10.2 Å². The van der Waals surface area contributed by atoms with E-state index in [1.54, 1.807) is 32.1 Å². The topological polar surface area (TPSA) is 79.2 Å². The molecule has 9 heteroatoms. The zero-order valence-corrected chi connectivity index (χ0v) is 17.2. The fourth-order valence-electron chi connectivity index (χ4n) is 3.47. The van der Waals surface area contributed by atoms with Crippen molar-refractivity contribution in [3.8, 4) is 11.4 Å². The predicted octanol–water partition coefficient (Wildman–Crippen LogP) is 3.07. The second-order valence-corrected chi connectivity index (χ2v) is 7.65. The Kier molecular flexibility index (Phi) is 4.51. The molecule has 5 rings (SSSR count). The van der Waals surface area contributed by atoms with Crippen molar-refractivity contribution >= 4 is 28.4 Å². The van der Waals surface area contributed by atoms with Gasteiger partial charge in [-0.25, -0.2) is 4.98 Å². The van der Waals surface area contributed by atoms with Crippen LogP contribution in [-0.2, 0) is 12.8 Å². The van der Waals surface area contributed by atoms with Gasteiger partial charge in [0.1, 0.15) is 11.6 Å². The van der Waals surface area contributed by atoms with E-state index < -0.39 is 0 Å². The van der Waals surface area contributed by atoms with Crippen LogP contribution in [0.3, 0.4) is 0 Å². The quantitative estimate of drug-likeness (QED) is 0.408. The molecule has 3 heterocycles. The number of benzene rings is 2. The van der Waals surface area contributed by atoms with Crippen LogP contribution in [0.5, 0.6) is 5.75 Å². The third-order valence-electron chi connectivity index (χ3n) is 4.96. The first-order chi connectivity index (χ1) is 14.7. The molecule has 0 bridgehead atoms. The van der Waals surface area contributed by atoms with Gasteiger partial charge in [0, 0.05) is 25.5 Å². The molecule has 150 valence electrons. The van der Waals surface area contributed by atoms with Gasteiger partial charge < -0.3 is 4.74 Å². The molecular weight excluding hydrogens is 400 g/mol. The van der Waals surface area contributed by atoms with E-state index in [4.69, 9.17) is 4.74 Å². The Bertz CT molecular complexity index is 1430. The molecular formula is C21H18N6O2S. The lowest BCUT2D eigenvalue weighted by Gasteiger charge is -2.09. The molecule has 5 aromatic rings. The summed E-state index contributed by atoms with van der Waals surface area (Å²) in [6, 6.07) is 15.3. The van der Waals surface area contributed by atoms with E-state index in [1.165, 1.54) is 4.57 Å². The molecule has 0 N–H and O–H groups in total. The number of methoxy groups -OCH3 is 1. The van der Waals surface area contributed by atoms with Gasteiger partial charge in [-0.05, 0) is 24.3 Å². The molecule has 0 aliphatic carbocycles. The Labute approximate surface area is 175 Å². The molecule has 0 aliphatic heterocycles. The number of thioether (sulfide) groups is 1. The zero-order valence-electron chi connectivity index (χ0n) is 16.4. The maximum absolute atomic E-state index is 12.6. The van der Waals surface area contributed by atoms with Crippen LogP contribution >= 0.6 is 11.8 Å². The maximum Gasteiger partial charge on any atom is 0.262 e. The van der Waals surface area contributed by atoms with Crippen LogP contribution in [0.1, 0.15) is 5.82 Å². The Morgan fingerprint density at radius 3 is 2.83 bits per heavy atom. The molecule has 0 saturated heterocycles. The van der Waals surface area contributed by atoms with Gasteiger partial charge in [0.15, 0.2) is 5.16 Å². The molecule has 0 amide bonds. The standard InChI is InChI=1S/C21H18N6O2S/c1-25-19(28)16-8-3-4-9-17(16)27-18(23-24-20(25)27)13-30-21-22-10-11-26(21)14-6-5-7-15(12-14)29-2/h3-12H,13H2,1-2H3. The van der Waals surface area contributed by atoms with E-state index >= 15 is 0 Å². The predicted molar refractivity (Wildman–Crippen MR) is 115 cm³/mol. The first-order valence-corrected chi connectivity index (χ1v) is 10.3. The summed E-state index contributed by atoms with van der Waals surface area (Å²) in [6.45, 7) is 0. The number of aromatic nitrogens is 6. The van der Waals surface area contributed by atoms with Gasteiger partial charge in [-0.3, -0.25) is 18.3 Å². The van der Waals surface area contributed by atoms with Gasteiger partial charge in [-0.2, -0.15) is 0 Å². The van der Waals surface area contributed by atoms with E-state index in [1.807, 2.05) is 63.7 Å². The highest BCUT2D eigenvalue weighted by Gasteiger charge is 2.16. The maximum atomic E-state index is 12.6. The molecule has 0 saturated carbocycles. The minimum Gasteiger partial charge on any atom is -0.497 e. The Balaban J connectivity index is 1.53. The van der Waals surface area contributed by atoms with E-state index in [9.17, 15) is 4.79 Å². The van der Waals surface area contributed by atoms with Crippen LogP contribution in [0, 0.1) is 0 Å². The Morgan fingerprint density at radius 2 is 1.97 bits per heavy atom. The zero-order chi connectivity index (χ0) is 20.7. The lowest BCUT2D eigenvalue weighted by molar-refractivity contribution is 0.414. The van der Waals surface area contributed by atoms with E-state index in [0.29, 0.717) is 16.9 Å². The first-order valence-electron chi connectivity index (χ1n) is 9.29. The van der Waals surface area contributed by atoms with Gasteiger partial charge in [-0.1, -0.05) is 30.0 Å². The fraction of sp³-hybridized carbons (Fsp3) is 0.143. The van der Waals surface area contributed by atoms with Crippen LogP contribution < -0.4 is 10.3 Å². The number of hydrogen-bond donors (Lipinski definition) is 0. The van der Waals surface area contributed by atoms with Gasteiger partial charge >= 0.3 is 0 Å². The van der Waals surface area contributed by atoms with Crippen LogP contribution in [-0.4, -0.2) is 35.8 Å². The number of rotatable bonds is 5. The van der Waals surface area contributed by atoms with Gasteiger partial charge in [0.2, 0.25) is 5.78 Å². The van der Waals surface area contributed by atoms with Crippen molar-refractivity contribution in [1.82, 2.24) is 28.7 Å². The summed E-state index contributed by atoms with van der Waals surface area (Å²) in [7, 11) is 3.36. The number of imidazole rings is 1. The number of nitrogens with zero attached hydrogens (tertiary/aromatic N) is 6. The minimum atomic E-state index is -0.0849. The average molecular weight is 418 g/mol. The molecule has 0 fully saturated rings. The second-order valence-electron chi connectivity index (χ2n) is 6.70. The molecule has 0 radical (unpaired) electrons. The average Bonchev–Trinajstić information content (AvgIpc) is 3.43. The van der Waals surface area contributed by atoms with E-state index in [0.717, 1.165) is 27.9 Å². The summed E-state index contributed by atoms with van der Waals surface area (Å²) in [4.78, 5) is 17.1. The molecule has 0 spiro atoms. The third kappa shape index (κ3) is 2.94. The molecule has 8 nitrogen and oxygen atoms in total. The summed E-state index contributed by atoms with van der Waals surface area (Å²) < 4.78 is 10.8. The first kappa shape index (κ1) is 18.4. The molecule has 0 aliphatic rings. The molecule has 2 aromatic carbocycles. The number of aryl methyl sites for hydroxylation is 1. The third-order valence-corrected chi connectivity index (χ3v) is 5.92. The molecule has 3 aromatic heterocycles. The van der Waals surface area contributed by atoms with Crippen molar-refractivity contribution in [2.75, 3.05) is 7.11 Å². The highest BCUT2D eigenvalue weighted by atomic mass is 32.2. The number of para-hydroxylation sites is 1. The second kappa shape index (κ2) is 7.34. The Hall–Kier alpha value is -3.59. The lowest BCUT2D eigenvalue weighted by Crippen LogP contribution is -2.20. The number of hydrogen-bond acceptors (Lipinski definition) is 6. The van der Waals surface area contributed by atoms with E-state index in [-0.39, 0.29) is 5.56 Å². The largest absolute Gasteiger partial charge is 0.497 e. The molecule has 0 atom stereocenters. The van der Waals surface area contributed by atoms with Crippen molar-refractivity contribution in [3.63, 3.8) is 0 Å². The van der Waals surface area contributed by atoms with Gasteiger partial charge in [0.25, 0.3) is 5.56 Å². The summed E-state index contributed by atoms with van der Waals surface area (Å²) in [5.74, 6) is 2.60. The SMILES string of the molecule is COc1cccc(-n2ccnc2SCc2nnc3n(C)c(=O)c4ccccc4n23)c1. The van der Waals surface area contributed by atoms with Crippen molar-refractivity contribution in [2.24, 2.45) is 7.05 Å². The smallest absolute Gasteiger partial charge is 0.262 e. The molecule has 30 heavy (non-hydrogen) atoms. The summed E-state index contributed by atoms with van der Waals surface area (Å²) in [5.41, 5.74) is 1.68. The van der Waals surface area contributed by atoms with E-state index in [2.05, 4.69) is 15.2 Å². The fourth-order valence-corrected chi connectivity index (χ4v) is 4.35. The Morgan fingerprint density at radius 1 is 1.10 bits per heavy atom. The van der Waals surface area contributed by atoms with Crippen molar-refractivity contribution < 1.29 is 4.74 Å². The lowest BCUT2D eigenvalue weighted by atomic mass is 10.2. The summed E-state index contributed by atoms with van der Waals surface area (Å²) in [5, 5.41) is 10.1. The summed E-state index contributed by atoms with van der Waals surface area (Å²) in [6.07, 6.45) is 3.68. The number of ether oxygens (including phenoxy) is 1. The summed E-state index contributed by atoms with van der Waals surface area (Å²) >= 11 is 1.55. The highest BCUT2D eigenvalue weighted by molar-refractivity contribution is 7.98. The van der Waals surface area contributed by atoms with Crippen molar-refractivity contribution in [3.05, 3.63) is 77.1 Å². The van der Waals surface area contributed by atoms with Gasteiger partial charge in [0.05, 0.1) is 29.5 Å². The van der Waals surface area contributed by atoms with Crippen molar-refractivity contribution in [2.45, 2.75) is 10.9 Å². The number of fused-ring (bicyclic) bond motifs is 3.